The Morgan fingerprint density at radius 3 is 2.94 bits per heavy atom. The number of esters is 1. The first-order valence-electron chi connectivity index (χ1n) is 5.58. The molecule has 0 aromatic carbocycles. The number of ether oxygens (including phenoxy) is 1. The van der Waals surface area contributed by atoms with Crippen molar-refractivity contribution < 1.29 is 9.53 Å². The summed E-state index contributed by atoms with van der Waals surface area (Å²) in [7, 11) is 1.30. The number of hydrogen-bond donors (Lipinski definition) is 2. The van der Waals surface area contributed by atoms with Crippen molar-refractivity contribution >= 4 is 11.8 Å². The summed E-state index contributed by atoms with van der Waals surface area (Å²) in [6.07, 6.45) is 5.71. The van der Waals surface area contributed by atoms with Crippen LogP contribution in [-0.2, 0) is 4.74 Å². The van der Waals surface area contributed by atoms with Gasteiger partial charge in [-0.1, -0.05) is 6.92 Å². The molecule has 0 fully saturated rings. The zero-order valence-electron chi connectivity index (χ0n) is 10.3. The first kappa shape index (κ1) is 12.2. The van der Waals surface area contributed by atoms with Crippen LogP contribution in [0.1, 0.15) is 35.7 Å². The van der Waals surface area contributed by atoms with Crippen molar-refractivity contribution in [3.05, 3.63) is 30.2 Å². The van der Waals surface area contributed by atoms with Gasteiger partial charge in [0, 0.05) is 12.4 Å². The molecule has 18 heavy (non-hydrogen) atoms. The summed E-state index contributed by atoms with van der Waals surface area (Å²) in [6.45, 7) is 2.00. The number of nitrogens with two attached hydrogens (primary N) is 1. The number of carbonyl (C=O) groups is 1. The minimum absolute atomic E-state index is 0.0779. The van der Waals surface area contributed by atoms with Crippen molar-refractivity contribution in [2.24, 2.45) is 0 Å². The molecule has 2 heterocycles. The van der Waals surface area contributed by atoms with Crippen LogP contribution in [0.25, 0.3) is 0 Å². The summed E-state index contributed by atoms with van der Waals surface area (Å²) in [5, 5.41) is 0. The molecule has 0 amide bonds. The number of nitrogen functional groups attached to an aromatic ring is 1. The van der Waals surface area contributed by atoms with Crippen molar-refractivity contribution in [1.82, 2.24) is 19.5 Å². The van der Waals surface area contributed by atoms with E-state index >= 15 is 0 Å². The van der Waals surface area contributed by atoms with Gasteiger partial charge in [-0.25, -0.2) is 14.8 Å². The Hall–Kier alpha value is -2.31. The van der Waals surface area contributed by atoms with Gasteiger partial charge < -0.3 is 20.0 Å². The van der Waals surface area contributed by atoms with Crippen LogP contribution in [0, 0.1) is 0 Å². The highest BCUT2D eigenvalue weighted by Crippen LogP contribution is 2.23. The SMILES string of the molecule is CCC(c1ncc[nH]1)n1cnc(C(=O)OC)c1N. The monoisotopic (exact) mass is 249 g/mol. The Kier molecular flexibility index (Phi) is 3.31. The topological polar surface area (TPSA) is 98.8 Å². The van der Waals surface area contributed by atoms with E-state index in [2.05, 4.69) is 19.7 Å². The molecule has 0 spiro atoms. The van der Waals surface area contributed by atoms with Gasteiger partial charge in [-0.3, -0.25) is 0 Å². The number of imidazole rings is 2. The van der Waals surface area contributed by atoms with E-state index in [4.69, 9.17) is 5.73 Å². The number of methoxy groups -OCH3 is 1. The molecule has 7 nitrogen and oxygen atoms in total. The summed E-state index contributed by atoms with van der Waals surface area (Å²) in [4.78, 5) is 22.7. The molecular formula is C11H15N5O2. The number of carbonyl (C=O) groups excluding carboxylic acids is 1. The van der Waals surface area contributed by atoms with Gasteiger partial charge in [0.2, 0.25) is 0 Å². The Balaban J connectivity index is 2.39. The lowest BCUT2D eigenvalue weighted by Crippen LogP contribution is -2.14. The molecule has 0 aliphatic heterocycles. The molecule has 1 unspecified atom stereocenters. The van der Waals surface area contributed by atoms with Crippen LogP contribution in [0.2, 0.25) is 0 Å². The number of anilines is 1. The van der Waals surface area contributed by atoms with E-state index in [-0.39, 0.29) is 17.6 Å². The average Bonchev–Trinajstić information content (AvgIpc) is 3.01. The van der Waals surface area contributed by atoms with Gasteiger partial charge in [-0.05, 0) is 6.42 Å². The lowest BCUT2D eigenvalue weighted by molar-refractivity contribution is 0.0596. The lowest BCUT2D eigenvalue weighted by atomic mass is 10.2. The Morgan fingerprint density at radius 2 is 2.39 bits per heavy atom. The van der Waals surface area contributed by atoms with Crippen molar-refractivity contribution in [1.29, 1.82) is 0 Å². The number of aromatic amines is 1. The van der Waals surface area contributed by atoms with Crippen LogP contribution in [0.4, 0.5) is 5.82 Å². The van der Waals surface area contributed by atoms with Crippen LogP contribution >= 0.6 is 0 Å². The summed E-state index contributed by atoms with van der Waals surface area (Å²) in [6, 6.07) is -0.0779. The van der Waals surface area contributed by atoms with E-state index in [0.29, 0.717) is 0 Å². The van der Waals surface area contributed by atoms with E-state index in [1.807, 2.05) is 6.92 Å². The maximum Gasteiger partial charge on any atom is 0.360 e. The maximum absolute atomic E-state index is 11.4. The van der Waals surface area contributed by atoms with Crippen LogP contribution in [0.15, 0.2) is 18.7 Å². The molecule has 0 radical (unpaired) electrons. The van der Waals surface area contributed by atoms with Gasteiger partial charge >= 0.3 is 5.97 Å². The normalized spacial score (nSPS) is 12.3. The summed E-state index contributed by atoms with van der Waals surface area (Å²) >= 11 is 0. The third-order valence-electron chi connectivity index (χ3n) is 2.77. The zero-order chi connectivity index (χ0) is 13.1. The van der Waals surface area contributed by atoms with Crippen molar-refractivity contribution in [3.8, 4) is 0 Å². The average molecular weight is 249 g/mol. The number of hydrogen-bond acceptors (Lipinski definition) is 5. The zero-order valence-corrected chi connectivity index (χ0v) is 10.3. The number of rotatable bonds is 4. The number of aromatic nitrogens is 4. The standard InChI is InChI=1S/C11H15N5O2/c1-3-7(10-13-4-5-14-10)16-6-15-8(9(16)12)11(17)18-2/h4-7H,3,12H2,1-2H3,(H,13,14). The van der Waals surface area contributed by atoms with Crippen LogP contribution < -0.4 is 5.73 Å². The van der Waals surface area contributed by atoms with Crippen molar-refractivity contribution in [3.63, 3.8) is 0 Å². The molecule has 3 N–H and O–H groups in total. The molecule has 1 atom stereocenters. The third kappa shape index (κ3) is 1.94. The molecule has 2 aromatic rings. The highest BCUT2D eigenvalue weighted by atomic mass is 16.5. The molecule has 0 aliphatic rings. The fraction of sp³-hybridized carbons (Fsp3) is 0.364. The van der Waals surface area contributed by atoms with Gasteiger partial charge in [-0.2, -0.15) is 0 Å². The first-order valence-corrected chi connectivity index (χ1v) is 5.58. The van der Waals surface area contributed by atoms with Crippen molar-refractivity contribution in [2.45, 2.75) is 19.4 Å². The van der Waals surface area contributed by atoms with Crippen molar-refractivity contribution in [2.75, 3.05) is 12.8 Å². The minimum Gasteiger partial charge on any atom is -0.464 e. The highest BCUT2D eigenvalue weighted by Gasteiger charge is 2.22. The Bertz CT molecular complexity index is 532. The first-order chi connectivity index (χ1) is 8.69. The fourth-order valence-electron chi connectivity index (χ4n) is 1.85. The predicted molar refractivity (Wildman–Crippen MR) is 65.0 cm³/mol. The molecule has 0 saturated heterocycles. The third-order valence-corrected chi connectivity index (χ3v) is 2.77. The smallest absolute Gasteiger partial charge is 0.360 e. The number of H-pyrrole nitrogens is 1. The maximum atomic E-state index is 11.4. The number of nitrogens with one attached hydrogen (secondary N) is 1. The highest BCUT2D eigenvalue weighted by molar-refractivity contribution is 5.92. The minimum atomic E-state index is -0.541. The lowest BCUT2D eigenvalue weighted by Gasteiger charge is -2.15. The van der Waals surface area contributed by atoms with Gasteiger partial charge in [0.05, 0.1) is 19.5 Å². The van der Waals surface area contributed by atoms with E-state index in [9.17, 15) is 4.79 Å². The van der Waals surface area contributed by atoms with E-state index < -0.39 is 5.97 Å². The van der Waals surface area contributed by atoms with Crippen LogP contribution in [0.5, 0.6) is 0 Å². The molecule has 7 heteroatoms. The quantitative estimate of drug-likeness (QED) is 0.787. The van der Waals surface area contributed by atoms with Gasteiger partial charge in [0.25, 0.3) is 0 Å². The van der Waals surface area contributed by atoms with Gasteiger partial charge in [0.1, 0.15) is 11.6 Å². The molecule has 2 aromatic heterocycles. The van der Waals surface area contributed by atoms with E-state index in [0.717, 1.165) is 12.2 Å². The van der Waals surface area contributed by atoms with Gasteiger partial charge in [0.15, 0.2) is 5.69 Å². The van der Waals surface area contributed by atoms with E-state index in [1.165, 1.54) is 13.4 Å². The second-order valence-corrected chi connectivity index (χ2v) is 3.78. The van der Waals surface area contributed by atoms with E-state index in [1.54, 1.807) is 17.0 Å². The van der Waals surface area contributed by atoms with Crippen LogP contribution in [0.3, 0.4) is 0 Å². The molecule has 0 bridgehead atoms. The van der Waals surface area contributed by atoms with Crippen LogP contribution in [-0.4, -0.2) is 32.6 Å². The van der Waals surface area contributed by atoms with Gasteiger partial charge in [-0.15, -0.1) is 0 Å². The Morgan fingerprint density at radius 1 is 1.61 bits per heavy atom. The molecule has 0 saturated carbocycles. The molecular weight excluding hydrogens is 234 g/mol. The molecule has 96 valence electrons. The Labute approximate surface area is 104 Å². The summed E-state index contributed by atoms with van der Waals surface area (Å²) in [5.41, 5.74) is 6.05. The second-order valence-electron chi connectivity index (χ2n) is 3.78. The number of nitrogens with zero attached hydrogens (tertiary/aromatic N) is 3. The second kappa shape index (κ2) is 4.91. The predicted octanol–water partition coefficient (Wildman–Crippen LogP) is 0.974. The molecule has 0 aliphatic carbocycles. The fourth-order valence-corrected chi connectivity index (χ4v) is 1.85. The summed E-state index contributed by atoms with van der Waals surface area (Å²) < 4.78 is 6.33. The largest absolute Gasteiger partial charge is 0.464 e. The molecule has 2 rings (SSSR count). The summed E-state index contributed by atoms with van der Waals surface area (Å²) in [5.74, 6) is 0.517.